The first-order valence-corrected chi connectivity index (χ1v) is 5.65. The van der Waals surface area contributed by atoms with E-state index in [0.29, 0.717) is 6.42 Å². The lowest BCUT2D eigenvalue weighted by molar-refractivity contribution is -0.130. The predicted octanol–water partition coefficient (Wildman–Crippen LogP) is 0.771. The van der Waals surface area contributed by atoms with Gasteiger partial charge in [-0.1, -0.05) is 13.8 Å². The minimum Gasteiger partial charge on any atom is -0.306 e. The molecule has 2 aliphatic rings. The van der Waals surface area contributed by atoms with Crippen molar-refractivity contribution in [3.63, 3.8) is 0 Å². The van der Waals surface area contributed by atoms with Gasteiger partial charge in [-0.25, -0.2) is 0 Å². The van der Waals surface area contributed by atoms with Crippen LogP contribution >= 0.6 is 0 Å². The highest BCUT2D eigenvalue weighted by molar-refractivity contribution is 6.05. The Morgan fingerprint density at radius 2 is 1.73 bits per heavy atom. The van der Waals surface area contributed by atoms with Gasteiger partial charge in [-0.3, -0.25) is 14.9 Å². The summed E-state index contributed by atoms with van der Waals surface area (Å²) in [7, 11) is 2.04. The Labute approximate surface area is 91.0 Å². The maximum Gasteiger partial charge on any atom is 0.233 e. The predicted molar refractivity (Wildman–Crippen MR) is 58.3 cm³/mol. The van der Waals surface area contributed by atoms with Gasteiger partial charge in [0.05, 0.1) is 5.41 Å². The third kappa shape index (κ3) is 2.37. The highest BCUT2D eigenvalue weighted by Crippen LogP contribution is 2.37. The molecule has 0 bridgehead atoms. The van der Waals surface area contributed by atoms with Crippen molar-refractivity contribution in [2.45, 2.75) is 33.1 Å². The van der Waals surface area contributed by atoms with E-state index < -0.39 is 0 Å². The van der Waals surface area contributed by atoms with Crippen LogP contribution < -0.4 is 5.32 Å². The molecule has 0 aromatic carbocycles. The lowest BCUT2D eigenvalue weighted by Gasteiger charge is -2.34. The second kappa shape index (κ2) is 4.75. The molecule has 0 aromatic heterocycles. The lowest BCUT2D eigenvalue weighted by Crippen LogP contribution is -2.42. The average molecular weight is 212 g/mol. The molecule has 0 saturated carbocycles. The molecule has 2 aliphatic heterocycles. The molecule has 4 heteroatoms. The van der Waals surface area contributed by atoms with Crippen molar-refractivity contribution in [1.82, 2.24) is 10.2 Å². The molecule has 0 atom stereocenters. The summed E-state index contributed by atoms with van der Waals surface area (Å²) in [4.78, 5) is 24.8. The summed E-state index contributed by atoms with van der Waals surface area (Å²) in [5.41, 5.74) is -0.358. The first-order chi connectivity index (χ1) is 7.12. The molecular weight excluding hydrogens is 192 g/mol. The van der Waals surface area contributed by atoms with Gasteiger partial charge in [0, 0.05) is 6.42 Å². The fraction of sp³-hybridized carbons (Fsp3) is 0.818. The summed E-state index contributed by atoms with van der Waals surface area (Å²) in [6.07, 6.45) is 2.04. The van der Waals surface area contributed by atoms with Crippen LogP contribution in [0.2, 0.25) is 0 Å². The first-order valence-electron chi connectivity index (χ1n) is 5.65. The zero-order valence-electron chi connectivity index (χ0n) is 9.80. The highest BCUT2D eigenvalue weighted by Gasteiger charge is 2.47. The number of likely N-dealkylation sites (tertiary alicyclic amines) is 1. The molecule has 15 heavy (non-hydrogen) atoms. The Bertz CT molecular complexity index is 255. The molecule has 2 heterocycles. The van der Waals surface area contributed by atoms with Crippen molar-refractivity contribution in [1.29, 1.82) is 0 Å². The molecule has 2 saturated heterocycles. The maximum absolute atomic E-state index is 11.5. The SMILES string of the molecule is CC.CN1CCC2(CC1)CC(=O)NC2=O. The van der Waals surface area contributed by atoms with Gasteiger partial charge in [0.15, 0.2) is 0 Å². The summed E-state index contributed by atoms with van der Waals surface area (Å²) >= 11 is 0. The zero-order chi connectivity index (χ0) is 11.5. The monoisotopic (exact) mass is 212 g/mol. The van der Waals surface area contributed by atoms with Crippen LogP contribution in [0, 0.1) is 5.41 Å². The van der Waals surface area contributed by atoms with Crippen molar-refractivity contribution >= 4 is 11.8 Å². The number of rotatable bonds is 0. The quantitative estimate of drug-likeness (QED) is 0.603. The maximum atomic E-state index is 11.5. The van der Waals surface area contributed by atoms with Gasteiger partial charge in [0.2, 0.25) is 11.8 Å². The van der Waals surface area contributed by atoms with E-state index in [0.717, 1.165) is 25.9 Å². The number of carbonyl (C=O) groups excluding carboxylic acids is 2. The standard InChI is InChI=1S/C9H14N2O2.C2H6/c1-11-4-2-9(3-5-11)6-7(12)10-8(9)13;1-2/h2-6H2,1H3,(H,10,12,13);1-2H3. The summed E-state index contributed by atoms with van der Waals surface area (Å²) in [6.45, 7) is 5.83. The van der Waals surface area contributed by atoms with Crippen LogP contribution in [0.5, 0.6) is 0 Å². The van der Waals surface area contributed by atoms with E-state index in [4.69, 9.17) is 0 Å². The first kappa shape index (κ1) is 12.2. The zero-order valence-corrected chi connectivity index (χ0v) is 9.80. The van der Waals surface area contributed by atoms with Crippen molar-refractivity contribution in [3.8, 4) is 0 Å². The second-order valence-electron chi connectivity index (χ2n) is 4.14. The minimum absolute atomic E-state index is 0.0504. The third-order valence-corrected chi connectivity index (χ3v) is 3.18. The van der Waals surface area contributed by atoms with Crippen molar-refractivity contribution in [2.24, 2.45) is 5.41 Å². The Kier molecular flexibility index (Phi) is 3.85. The summed E-state index contributed by atoms with van der Waals surface area (Å²) in [5.74, 6) is -0.153. The van der Waals surface area contributed by atoms with E-state index in [1.165, 1.54) is 0 Å². The summed E-state index contributed by atoms with van der Waals surface area (Å²) in [6, 6.07) is 0. The van der Waals surface area contributed by atoms with E-state index in [1.807, 2.05) is 20.9 Å². The van der Waals surface area contributed by atoms with Gasteiger partial charge in [0.1, 0.15) is 0 Å². The van der Waals surface area contributed by atoms with E-state index in [-0.39, 0.29) is 17.2 Å². The Hall–Kier alpha value is -0.900. The molecule has 0 radical (unpaired) electrons. The highest BCUT2D eigenvalue weighted by atomic mass is 16.2. The number of imide groups is 1. The number of piperidine rings is 1. The van der Waals surface area contributed by atoms with E-state index in [2.05, 4.69) is 10.2 Å². The normalized spacial score (nSPS) is 24.7. The van der Waals surface area contributed by atoms with Gasteiger partial charge < -0.3 is 4.90 Å². The molecular formula is C11H20N2O2. The van der Waals surface area contributed by atoms with Crippen LogP contribution in [0.3, 0.4) is 0 Å². The number of hydrogen-bond acceptors (Lipinski definition) is 3. The Balaban J connectivity index is 0.000000531. The second-order valence-corrected chi connectivity index (χ2v) is 4.14. The summed E-state index contributed by atoms with van der Waals surface area (Å²) < 4.78 is 0. The molecule has 2 amide bonds. The van der Waals surface area contributed by atoms with Gasteiger partial charge in [-0.15, -0.1) is 0 Å². The van der Waals surface area contributed by atoms with Crippen LogP contribution in [0.15, 0.2) is 0 Å². The number of carbonyl (C=O) groups is 2. The number of hydrogen-bond donors (Lipinski definition) is 1. The van der Waals surface area contributed by atoms with Gasteiger partial charge >= 0.3 is 0 Å². The molecule has 0 aromatic rings. The van der Waals surface area contributed by atoms with Crippen LogP contribution in [-0.2, 0) is 9.59 Å². The topological polar surface area (TPSA) is 49.4 Å². The number of nitrogens with one attached hydrogen (secondary N) is 1. The van der Waals surface area contributed by atoms with E-state index in [1.54, 1.807) is 0 Å². The van der Waals surface area contributed by atoms with Gasteiger partial charge in [-0.2, -0.15) is 0 Å². The van der Waals surface area contributed by atoms with Crippen LogP contribution in [-0.4, -0.2) is 36.9 Å². The van der Waals surface area contributed by atoms with Crippen LogP contribution in [0.4, 0.5) is 0 Å². The van der Waals surface area contributed by atoms with Crippen molar-refractivity contribution in [3.05, 3.63) is 0 Å². The Morgan fingerprint density at radius 3 is 2.13 bits per heavy atom. The van der Waals surface area contributed by atoms with Crippen molar-refractivity contribution in [2.75, 3.05) is 20.1 Å². The van der Waals surface area contributed by atoms with E-state index >= 15 is 0 Å². The fourth-order valence-corrected chi connectivity index (χ4v) is 2.14. The van der Waals surface area contributed by atoms with Crippen molar-refractivity contribution < 1.29 is 9.59 Å². The molecule has 2 fully saturated rings. The number of amides is 2. The molecule has 86 valence electrons. The lowest BCUT2D eigenvalue weighted by atomic mass is 9.77. The van der Waals surface area contributed by atoms with Gasteiger partial charge in [0.25, 0.3) is 0 Å². The van der Waals surface area contributed by atoms with Crippen LogP contribution in [0.25, 0.3) is 0 Å². The summed E-state index contributed by atoms with van der Waals surface area (Å²) in [5, 5.41) is 2.40. The molecule has 1 spiro atoms. The largest absolute Gasteiger partial charge is 0.306 e. The molecule has 1 N–H and O–H groups in total. The average Bonchev–Trinajstić information content (AvgIpc) is 2.50. The van der Waals surface area contributed by atoms with Crippen LogP contribution in [0.1, 0.15) is 33.1 Å². The molecule has 0 aliphatic carbocycles. The molecule has 0 unspecified atom stereocenters. The third-order valence-electron chi connectivity index (χ3n) is 3.18. The van der Waals surface area contributed by atoms with Gasteiger partial charge in [-0.05, 0) is 33.0 Å². The molecule has 2 rings (SSSR count). The smallest absolute Gasteiger partial charge is 0.233 e. The fourth-order valence-electron chi connectivity index (χ4n) is 2.14. The minimum atomic E-state index is -0.358. The number of nitrogens with zero attached hydrogens (tertiary/aromatic N) is 1. The molecule has 4 nitrogen and oxygen atoms in total. The Morgan fingerprint density at radius 1 is 1.20 bits per heavy atom. The van der Waals surface area contributed by atoms with E-state index in [9.17, 15) is 9.59 Å².